The largest absolute Gasteiger partial charge is 0.484 e. The van der Waals surface area contributed by atoms with Crippen molar-refractivity contribution in [2.24, 2.45) is 0 Å². The molecule has 27 heavy (non-hydrogen) atoms. The fraction of sp³-hybridized carbons (Fsp3) is 0.550. The van der Waals surface area contributed by atoms with Gasteiger partial charge in [-0.15, -0.1) is 10.2 Å². The zero-order valence-electron chi connectivity index (χ0n) is 15.8. The van der Waals surface area contributed by atoms with E-state index in [1.165, 1.54) is 6.42 Å². The van der Waals surface area contributed by atoms with E-state index in [4.69, 9.17) is 13.9 Å². The first-order valence-electron chi connectivity index (χ1n) is 9.55. The second-order valence-electron chi connectivity index (χ2n) is 6.78. The molecular weight excluding hydrogens is 346 g/mol. The Hall–Kier alpha value is -2.41. The van der Waals surface area contributed by atoms with E-state index in [9.17, 15) is 4.79 Å². The highest BCUT2D eigenvalue weighted by Gasteiger charge is 2.17. The lowest BCUT2D eigenvalue weighted by Crippen LogP contribution is -2.31. The fourth-order valence-corrected chi connectivity index (χ4v) is 3.01. The Morgan fingerprint density at radius 3 is 2.81 bits per heavy atom. The van der Waals surface area contributed by atoms with E-state index < -0.39 is 0 Å². The number of amides is 1. The van der Waals surface area contributed by atoms with Gasteiger partial charge in [0.1, 0.15) is 5.75 Å². The van der Waals surface area contributed by atoms with Crippen molar-refractivity contribution < 1.29 is 18.7 Å². The first-order valence-corrected chi connectivity index (χ1v) is 9.55. The van der Waals surface area contributed by atoms with Crippen LogP contribution in [0.3, 0.4) is 0 Å². The number of para-hydroxylation sites is 1. The van der Waals surface area contributed by atoms with Gasteiger partial charge >= 0.3 is 0 Å². The molecule has 1 amide bonds. The number of benzene rings is 1. The van der Waals surface area contributed by atoms with Crippen molar-refractivity contribution in [1.82, 2.24) is 15.1 Å². The lowest BCUT2D eigenvalue weighted by atomic mass is 10.1. The molecule has 7 heteroatoms. The van der Waals surface area contributed by atoms with Crippen LogP contribution in [-0.4, -0.2) is 47.3 Å². The van der Waals surface area contributed by atoms with E-state index in [-0.39, 0.29) is 18.6 Å². The lowest BCUT2D eigenvalue weighted by Gasteiger charge is -2.25. The molecule has 1 atom stereocenters. The molecule has 2 aromatic rings. The Labute approximate surface area is 159 Å². The van der Waals surface area contributed by atoms with Gasteiger partial charge < -0.3 is 18.8 Å². The van der Waals surface area contributed by atoms with Crippen molar-refractivity contribution in [2.75, 3.05) is 20.2 Å². The van der Waals surface area contributed by atoms with Crippen LogP contribution in [0.25, 0.3) is 0 Å². The van der Waals surface area contributed by atoms with Crippen LogP contribution in [0.1, 0.15) is 43.9 Å². The van der Waals surface area contributed by atoms with Crippen LogP contribution >= 0.6 is 0 Å². The molecule has 0 unspecified atom stereocenters. The van der Waals surface area contributed by atoms with Crippen molar-refractivity contribution in [3.05, 3.63) is 42.1 Å². The summed E-state index contributed by atoms with van der Waals surface area (Å²) in [6, 6.07) is 9.45. The average Bonchev–Trinajstić information content (AvgIpc) is 3.18. The number of hydrogen-bond donors (Lipinski definition) is 0. The van der Waals surface area contributed by atoms with Gasteiger partial charge in [-0.3, -0.25) is 4.79 Å². The molecule has 1 fully saturated rings. The lowest BCUT2D eigenvalue weighted by molar-refractivity contribution is -0.130. The van der Waals surface area contributed by atoms with Gasteiger partial charge in [-0.05, 0) is 37.8 Å². The van der Waals surface area contributed by atoms with Crippen molar-refractivity contribution in [2.45, 2.75) is 51.2 Å². The smallest absolute Gasteiger partial charge is 0.253 e. The molecule has 2 heterocycles. The molecule has 0 aliphatic carbocycles. The maximum absolute atomic E-state index is 12.3. The van der Waals surface area contributed by atoms with Gasteiger partial charge in [0.15, 0.2) is 6.61 Å². The summed E-state index contributed by atoms with van der Waals surface area (Å²) in [5.74, 6) is 1.69. The Kier molecular flexibility index (Phi) is 7.21. The Morgan fingerprint density at radius 1 is 1.22 bits per heavy atom. The standard InChI is InChI=1S/C20H27N3O4/c1-23(13-12-17-9-5-6-14-25-17)20(24)11-10-18-21-22-19(27-18)15-26-16-7-3-2-4-8-16/h2-4,7-8,17H,5-6,9-15H2,1H3/t17-/m0/s1. The molecule has 0 spiro atoms. The third-order valence-corrected chi connectivity index (χ3v) is 4.65. The maximum Gasteiger partial charge on any atom is 0.253 e. The third kappa shape index (κ3) is 6.36. The maximum atomic E-state index is 12.3. The number of rotatable bonds is 9. The van der Waals surface area contributed by atoms with E-state index in [0.717, 1.165) is 31.6 Å². The zero-order chi connectivity index (χ0) is 18.9. The highest BCUT2D eigenvalue weighted by molar-refractivity contribution is 5.75. The van der Waals surface area contributed by atoms with E-state index in [1.807, 2.05) is 37.4 Å². The highest BCUT2D eigenvalue weighted by atomic mass is 16.5. The Bertz CT molecular complexity index is 698. The molecule has 1 aliphatic heterocycles. The number of carbonyl (C=O) groups is 1. The SMILES string of the molecule is CN(CC[C@@H]1CCCCO1)C(=O)CCc1nnc(COc2ccccc2)o1. The quantitative estimate of drug-likeness (QED) is 0.672. The number of hydrogen-bond acceptors (Lipinski definition) is 6. The molecule has 1 aromatic heterocycles. The Morgan fingerprint density at radius 2 is 2.04 bits per heavy atom. The number of nitrogens with zero attached hydrogens (tertiary/aromatic N) is 3. The molecular formula is C20H27N3O4. The fourth-order valence-electron chi connectivity index (χ4n) is 3.01. The molecule has 0 saturated carbocycles. The van der Waals surface area contributed by atoms with Crippen LogP contribution in [0.4, 0.5) is 0 Å². The molecule has 7 nitrogen and oxygen atoms in total. The third-order valence-electron chi connectivity index (χ3n) is 4.65. The molecule has 0 radical (unpaired) electrons. The molecule has 1 aromatic carbocycles. The van der Waals surface area contributed by atoms with E-state index >= 15 is 0 Å². The normalized spacial score (nSPS) is 16.9. The van der Waals surface area contributed by atoms with E-state index in [0.29, 0.717) is 31.2 Å². The second kappa shape index (κ2) is 10.1. The van der Waals surface area contributed by atoms with Crippen LogP contribution in [-0.2, 0) is 22.6 Å². The van der Waals surface area contributed by atoms with Crippen molar-refractivity contribution in [3.8, 4) is 5.75 Å². The topological polar surface area (TPSA) is 77.7 Å². The minimum Gasteiger partial charge on any atom is -0.484 e. The van der Waals surface area contributed by atoms with Gasteiger partial charge in [0.05, 0.1) is 6.10 Å². The Balaban J connectivity index is 1.36. The highest BCUT2D eigenvalue weighted by Crippen LogP contribution is 2.16. The zero-order valence-corrected chi connectivity index (χ0v) is 15.8. The van der Waals surface area contributed by atoms with Crippen molar-refractivity contribution in [3.63, 3.8) is 0 Å². The van der Waals surface area contributed by atoms with Gasteiger partial charge in [-0.1, -0.05) is 18.2 Å². The summed E-state index contributed by atoms with van der Waals surface area (Å²) in [5.41, 5.74) is 0. The van der Waals surface area contributed by atoms with Gasteiger partial charge in [-0.25, -0.2) is 0 Å². The predicted octanol–water partition coefficient (Wildman–Crippen LogP) is 3.00. The average molecular weight is 373 g/mol. The van der Waals surface area contributed by atoms with Gasteiger partial charge in [-0.2, -0.15) is 0 Å². The second-order valence-corrected chi connectivity index (χ2v) is 6.78. The number of aromatic nitrogens is 2. The van der Waals surface area contributed by atoms with Gasteiger partial charge in [0.2, 0.25) is 11.8 Å². The van der Waals surface area contributed by atoms with Crippen LogP contribution < -0.4 is 4.74 Å². The summed E-state index contributed by atoms with van der Waals surface area (Å²) in [6.45, 7) is 1.77. The summed E-state index contributed by atoms with van der Waals surface area (Å²) in [4.78, 5) is 14.0. The number of aryl methyl sites for hydroxylation is 1. The summed E-state index contributed by atoms with van der Waals surface area (Å²) < 4.78 is 16.8. The summed E-state index contributed by atoms with van der Waals surface area (Å²) in [5, 5.41) is 7.96. The van der Waals surface area contributed by atoms with Gasteiger partial charge in [0, 0.05) is 33.0 Å². The van der Waals surface area contributed by atoms with Crippen LogP contribution in [0.2, 0.25) is 0 Å². The van der Waals surface area contributed by atoms with E-state index in [1.54, 1.807) is 4.90 Å². The first kappa shape index (κ1) is 19.4. The number of carbonyl (C=O) groups excluding carboxylic acids is 1. The molecule has 0 bridgehead atoms. The predicted molar refractivity (Wildman–Crippen MR) is 99.2 cm³/mol. The summed E-state index contributed by atoms with van der Waals surface area (Å²) in [7, 11) is 1.83. The van der Waals surface area contributed by atoms with Crippen LogP contribution in [0, 0.1) is 0 Å². The summed E-state index contributed by atoms with van der Waals surface area (Å²) >= 11 is 0. The molecule has 3 rings (SSSR count). The minimum atomic E-state index is 0.0751. The minimum absolute atomic E-state index is 0.0751. The molecule has 1 saturated heterocycles. The molecule has 1 aliphatic rings. The van der Waals surface area contributed by atoms with Crippen molar-refractivity contribution >= 4 is 5.91 Å². The van der Waals surface area contributed by atoms with E-state index in [2.05, 4.69) is 10.2 Å². The van der Waals surface area contributed by atoms with Crippen molar-refractivity contribution in [1.29, 1.82) is 0 Å². The van der Waals surface area contributed by atoms with Gasteiger partial charge in [0.25, 0.3) is 5.89 Å². The van der Waals surface area contributed by atoms with Crippen LogP contribution in [0.5, 0.6) is 5.75 Å². The monoisotopic (exact) mass is 373 g/mol. The van der Waals surface area contributed by atoms with Crippen LogP contribution in [0.15, 0.2) is 34.7 Å². The first-order chi connectivity index (χ1) is 13.2. The number of ether oxygens (including phenoxy) is 2. The molecule has 146 valence electrons. The molecule has 0 N–H and O–H groups in total. The summed E-state index contributed by atoms with van der Waals surface area (Å²) in [6.07, 6.45) is 5.42.